The molecule has 0 saturated carbocycles. The maximum absolute atomic E-state index is 10.7. The van der Waals surface area contributed by atoms with E-state index in [4.69, 9.17) is 0 Å². The molecule has 5 nitrogen and oxygen atoms in total. The molecule has 0 spiro atoms. The van der Waals surface area contributed by atoms with Gasteiger partial charge in [-0.3, -0.25) is 15.0 Å². The van der Waals surface area contributed by atoms with Crippen LogP contribution in [0.15, 0.2) is 22.7 Å². The van der Waals surface area contributed by atoms with Crippen LogP contribution in [0.4, 0.5) is 5.69 Å². The monoisotopic (exact) mass is 330 g/mol. The fourth-order valence-electron chi connectivity index (χ4n) is 1.85. The van der Waals surface area contributed by atoms with Crippen LogP contribution in [0, 0.1) is 10.1 Å². The lowest BCUT2D eigenvalue weighted by atomic mass is 10.1. The molecule has 0 fully saturated rings. The van der Waals surface area contributed by atoms with E-state index in [1.165, 1.54) is 12.1 Å². The molecule has 0 aliphatic carbocycles. The zero-order valence-electron chi connectivity index (χ0n) is 11.4. The highest BCUT2D eigenvalue weighted by molar-refractivity contribution is 9.10. The summed E-state index contributed by atoms with van der Waals surface area (Å²) >= 11 is 3.36. The number of rotatable bonds is 6. The summed E-state index contributed by atoms with van der Waals surface area (Å²) in [6.45, 7) is 7.53. The number of aliphatic hydroxyl groups is 1. The third-order valence-electron chi connectivity index (χ3n) is 2.70. The third-order valence-corrected chi connectivity index (χ3v) is 3.44. The molecule has 1 aromatic rings. The van der Waals surface area contributed by atoms with Crippen LogP contribution in [-0.2, 0) is 6.54 Å². The van der Waals surface area contributed by atoms with Crippen LogP contribution in [0.1, 0.15) is 26.3 Å². The summed E-state index contributed by atoms with van der Waals surface area (Å²) < 4.78 is 0.718. The van der Waals surface area contributed by atoms with E-state index >= 15 is 0 Å². The van der Waals surface area contributed by atoms with Gasteiger partial charge in [0.15, 0.2) is 0 Å². The van der Waals surface area contributed by atoms with Gasteiger partial charge >= 0.3 is 0 Å². The van der Waals surface area contributed by atoms with Gasteiger partial charge in [0.25, 0.3) is 5.69 Å². The maximum atomic E-state index is 10.7. The average Bonchev–Trinajstić information content (AvgIpc) is 2.28. The Hall–Kier alpha value is -0.980. The van der Waals surface area contributed by atoms with E-state index in [2.05, 4.69) is 20.8 Å². The van der Waals surface area contributed by atoms with Crippen molar-refractivity contribution in [2.24, 2.45) is 0 Å². The zero-order valence-corrected chi connectivity index (χ0v) is 13.0. The van der Waals surface area contributed by atoms with Gasteiger partial charge in [-0.25, -0.2) is 0 Å². The Labute approximate surface area is 121 Å². The molecule has 0 unspecified atom stereocenters. The molecule has 1 N–H and O–H groups in total. The number of hydrogen-bond donors (Lipinski definition) is 1. The molecule has 0 atom stereocenters. The Kier molecular flexibility index (Phi) is 5.46. The van der Waals surface area contributed by atoms with Crippen LogP contribution < -0.4 is 0 Å². The van der Waals surface area contributed by atoms with Crippen molar-refractivity contribution >= 4 is 21.6 Å². The zero-order chi connectivity index (χ0) is 14.6. The lowest BCUT2D eigenvalue weighted by Crippen LogP contribution is -2.38. The van der Waals surface area contributed by atoms with Crippen LogP contribution in [0.5, 0.6) is 0 Å². The van der Waals surface area contributed by atoms with Gasteiger partial charge in [-0.1, -0.05) is 22.9 Å². The first kappa shape index (κ1) is 16.1. The van der Waals surface area contributed by atoms with Crippen molar-refractivity contribution in [1.29, 1.82) is 0 Å². The minimum absolute atomic E-state index is 0.0705. The van der Waals surface area contributed by atoms with Gasteiger partial charge in [0.2, 0.25) is 0 Å². The van der Waals surface area contributed by atoms with Crippen molar-refractivity contribution in [2.75, 3.05) is 13.1 Å². The van der Waals surface area contributed by atoms with E-state index in [0.717, 1.165) is 16.6 Å². The Balaban J connectivity index is 2.83. The summed E-state index contributed by atoms with van der Waals surface area (Å²) in [5.41, 5.74) is 0.279. The molecule has 0 heterocycles. The molecule has 1 aromatic carbocycles. The van der Waals surface area contributed by atoms with Crippen LogP contribution >= 0.6 is 15.9 Å². The fourth-order valence-corrected chi connectivity index (χ4v) is 2.34. The van der Waals surface area contributed by atoms with E-state index in [-0.39, 0.29) is 5.69 Å². The van der Waals surface area contributed by atoms with E-state index < -0.39 is 10.5 Å². The van der Waals surface area contributed by atoms with E-state index in [9.17, 15) is 15.2 Å². The summed E-state index contributed by atoms with van der Waals surface area (Å²) in [4.78, 5) is 12.3. The number of non-ortho nitro benzene ring substituents is 1. The normalized spacial score (nSPS) is 11.9. The Bertz CT molecular complexity index is 458. The van der Waals surface area contributed by atoms with Gasteiger partial charge in [-0.15, -0.1) is 0 Å². The Morgan fingerprint density at radius 3 is 2.53 bits per heavy atom. The van der Waals surface area contributed by atoms with Gasteiger partial charge in [-0.05, 0) is 32.0 Å². The number of nitro benzene ring substituents is 1. The first-order chi connectivity index (χ1) is 8.73. The number of hydrogen-bond acceptors (Lipinski definition) is 4. The van der Waals surface area contributed by atoms with Crippen LogP contribution in [0.25, 0.3) is 0 Å². The minimum atomic E-state index is -0.761. The first-order valence-corrected chi connectivity index (χ1v) is 6.90. The predicted molar refractivity (Wildman–Crippen MR) is 78.0 cm³/mol. The largest absolute Gasteiger partial charge is 0.389 e. The van der Waals surface area contributed by atoms with Gasteiger partial charge in [-0.2, -0.15) is 0 Å². The molecule has 0 aromatic heterocycles. The molecule has 19 heavy (non-hydrogen) atoms. The quantitative estimate of drug-likeness (QED) is 0.643. The summed E-state index contributed by atoms with van der Waals surface area (Å²) in [5, 5.41) is 20.5. The maximum Gasteiger partial charge on any atom is 0.270 e. The lowest BCUT2D eigenvalue weighted by Gasteiger charge is -2.28. The molecule has 0 aliphatic heterocycles. The van der Waals surface area contributed by atoms with Crippen molar-refractivity contribution < 1.29 is 10.0 Å². The minimum Gasteiger partial charge on any atom is -0.389 e. The molecule has 6 heteroatoms. The molecule has 106 valence electrons. The number of halogens is 1. The van der Waals surface area contributed by atoms with Gasteiger partial charge in [0, 0.05) is 29.7 Å². The molecule has 0 aliphatic rings. The number of nitro groups is 1. The van der Waals surface area contributed by atoms with Crippen molar-refractivity contribution in [2.45, 2.75) is 32.9 Å². The van der Waals surface area contributed by atoms with Crippen molar-refractivity contribution in [3.05, 3.63) is 38.3 Å². The third kappa shape index (κ3) is 5.26. The van der Waals surface area contributed by atoms with Crippen LogP contribution in [0.2, 0.25) is 0 Å². The number of nitrogens with zero attached hydrogens (tertiary/aromatic N) is 2. The highest BCUT2D eigenvalue weighted by atomic mass is 79.9. The second-order valence-corrected chi connectivity index (χ2v) is 6.00. The molecule has 0 bridgehead atoms. The van der Waals surface area contributed by atoms with E-state index in [0.29, 0.717) is 13.1 Å². The summed E-state index contributed by atoms with van der Waals surface area (Å²) in [5.74, 6) is 0. The standard InChI is InChI=1S/C13H19BrN2O3/c1-4-15(9-13(2,3)17)8-10-5-6-11(16(18)19)7-12(10)14/h5-7,17H,4,8-9H2,1-3H3. The average molecular weight is 331 g/mol. The first-order valence-electron chi connectivity index (χ1n) is 6.10. The predicted octanol–water partition coefficient (Wildman–Crippen LogP) is 2.95. The number of benzene rings is 1. The Morgan fingerprint density at radius 2 is 2.11 bits per heavy atom. The highest BCUT2D eigenvalue weighted by Gasteiger charge is 2.18. The SMILES string of the molecule is CCN(Cc1ccc([N+](=O)[O-])cc1Br)CC(C)(C)O. The molecular formula is C13H19BrN2O3. The lowest BCUT2D eigenvalue weighted by molar-refractivity contribution is -0.384. The van der Waals surface area contributed by atoms with Gasteiger partial charge in [0.1, 0.15) is 0 Å². The molecular weight excluding hydrogens is 312 g/mol. The second kappa shape index (κ2) is 6.45. The fraction of sp³-hybridized carbons (Fsp3) is 0.538. The van der Waals surface area contributed by atoms with Crippen molar-refractivity contribution in [3.8, 4) is 0 Å². The molecule has 0 radical (unpaired) electrons. The summed E-state index contributed by atoms with van der Waals surface area (Å²) in [6, 6.07) is 4.75. The van der Waals surface area contributed by atoms with Crippen LogP contribution in [-0.4, -0.2) is 33.6 Å². The van der Waals surface area contributed by atoms with Gasteiger partial charge in [0.05, 0.1) is 10.5 Å². The molecule has 0 saturated heterocycles. The Morgan fingerprint density at radius 1 is 1.47 bits per heavy atom. The molecule has 1 rings (SSSR count). The van der Waals surface area contributed by atoms with Crippen molar-refractivity contribution in [1.82, 2.24) is 4.90 Å². The van der Waals surface area contributed by atoms with Gasteiger partial charge < -0.3 is 5.11 Å². The van der Waals surface area contributed by atoms with Crippen molar-refractivity contribution in [3.63, 3.8) is 0 Å². The second-order valence-electron chi connectivity index (χ2n) is 5.15. The topological polar surface area (TPSA) is 66.6 Å². The smallest absolute Gasteiger partial charge is 0.270 e. The molecule has 0 amide bonds. The summed E-state index contributed by atoms with van der Waals surface area (Å²) in [6.07, 6.45) is 0. The highest BCUT2D eigenvalue weighted by Crippen LogP contribution is 2.24. The van der Waals surface area contributed by atoms with E-state index in [1.54, 1.807) is 19.9 Å². The number of likely N-dealkylation sites (N-methyl/N-ethyl adjacent to an activating group) is 1. The van der Waals surface area contributed by atoms with Crippen LogP contribution in [0.3, 0.4) is 0 Å². The summed E-state index contributed by atoms with van der Waals surface area (Å²) in [7, 11) is 0. The van der Waals surface area contributed by atoms with E-state index in [1.807, 2.05) is 6.92 Å².